The highest BCUT2D eigenvalue weighted by Gasteiger charge is 2.21. The minimum atomic E-state index is -0.847. The first-order valence-corrected chi connectivity index (χ1v) is 6.35. The number of hydrogen-bond donors (Lipinski definition) is 1. The van der Waals surface area contributed by atoms with Gasteiger partial charge in [-0.1, -0.05) is 11.6 Å². The second-order valence-corrected chi connectivity index (χ2v) is 4.82. The van der Waals surface area contributed by atoms with Gasteiger partial charge in [-0.3, -0.25) is 0 Å². The van der Waals surface area contributed by atoms with Gasteiger partial charge in [0, 0.05) is 17.2 Å². The van der Waals surface area contributed by atoms with Crippen LogP contribution in [0.2, 0.25) is 5.02 Å². The van der Waals surface area contributed by atoms with Crippen LogP contribution in [0.15, 0.2) is 28.9 Å². The summed E-state index contributed by atoms with van der Waals surface area (Å²) in [5.41, 5.74) is 1.24. The zero-order valence-corrected chi connectivity index (χ0v) is 11.1. The third-order valence-corrected chi connectivity index (χ3v) is 3.35. The van der Waals surface area contributed by atoms with E-state index in [4.69, 9.17) is 25.5 Å². The smallest absolute Gasteiger partial charge is 0.162 e. The minimum Gasteiger partial charge on any atom is -0.486 e. The summed E-state index contributed by atoms with van der Waals surface area (Å²) in [6.07, 6.45) is 0.674. The van der Waals surface area contributed by atoms with Gasteiger partial charge in [0.1, 0.15) is 25.1 Å². The number of aryl methyl sites for hydroxylation is 1. The van der Waals surface area contributed by atoms with Crippen LogP contribution >= 0.6 is 11.6 Å². The average molecular weight is 281 g/mol. The van der Waals surface area contributed by atoms with E-state index in [1.807, 2.05) is 6.92 Å². The molecule has 2 aromatic rings. The highest BCUT2D eigenvalue weighted by Crippen LogP contribution is 2.39. The van der Waals surface area contributed by atoms with Crippen molar-refractivity contribution in [3.8, 4) is 11.5 Å². The largest absolute Gasteiger partial charge is 0.486 e. The van der Waals surface area contributed by atoms with E-state index in [1.165, 1.54) is 6.26 Å². The van der Waals surface area contributed by atoms with Crippen LogP contribution in [0.3, 0.4) is 0 Å². The van der Waals surface area contributed by atoms with Gasteiger partial charge in [0.25, 0.3) is 0 Å². The molecule has 0 bridgehead atoms. The zero-order valence-electron chi connectivity index (χ0n) is 10.4. The van der Waals surface area contributed by atoms with Crippen molar-refractivity contribution < 1.29 is 19.0 Å². The maximum Gasteiger partial charge on any atom is 0.162 e. The highest BCUT2D eigenvalue weighted by atomic mass is 35.5. The molecule has 100 valence electrons. The number of benzene rings is 1. The first kappa shape index (κ1) is 12.4. The SMILES string of the molecule is Cc1cc(C(O)c2cc3c(cc2Cl)OCCO3)co1. The van der Waals surface area contributed by atoms with Crippen LogP contribution in [0.1, 0.15) is 23.0 Å². The van der Waals surface area contributed by atoms with Gasteiger partial charge in [-0.05, 0) is 19.1 Å². The molecule has 1 aromatic heterocycles. The highest BCUT2D eigenvalue weighted by molar-refractivity contribution is 6.31. The van der Waals surface area contributed by atoms with E-state index in [1.54, 1.807) is 18.2 Å². The molecule has 0 saturated carbocycles. The Morgan fingerprint density at radius 3 is 2.47 bits per heavy atom. The summed E-state index contributed by atoms with van der Waals surface area (Å²) in [5, 5.41) is 10.8. The van der Waals surface area contributed by atoms with Crippen LogP contribution < -0.4 is 9.47 Å². The second kappa shape index (κ2) is 4.79. The van der Waals surface area contributed by atoms with Gasteiger partial charge in [0.05, 0.1) is 11.3 Å². The molecule has 19 heavy (non-hydrogen) atoms. The monoisotopic (exact) mass is 280 g/mol. The summed E-state index contributed by atoms with van der Waals surface area (Å²) in [4.78, 5) is 0. The summed E-state index contributed by atoms with van der Waals surface area (Å²) >= 11 is 6.19. The van der Waals surface area contributed by atoms with Gasteiger partial charge in [0.15, 0.2) is 11.5 Å². The number of fused-ring (bicyclic) bond motifs is 1. The second-order valence-electron chi connectivity index (χ2n) is 4.41. The molecule has 1 aliphatic heterocycles. The van der Waals surface area contributed by atoms with Gasteiger partial charge in [-0.25, -0.2) is 0 Å². The molecule has 1 N–H and O–H groups in total. The van der Waals surface area contributed by atoms with Crippen molar-refractivity contribution >= 4 is 11.6 Å². The Morgan fingerprint density at radius 1 is 1.16 bits per heavy atom. The van der Waals surface area contributed by atoms with Crippen LogP contribution in [0.4, 0.5) is 0 Å². The van der Waals surface area contributed by atoms with Crippen molar-refractivity contribution in [2.75, 3.05) is 13.2 Å². The van der Waals surface area contributed by atoms with Crippen molar-refractivity contribution in [1.82, 2.24) is 0 Å². The molecule has 3 rings (SSSR count). The Bertz CT molecular complexity index is 605. The predicted molar refractivity (Wildman–Crippen MR) is 69.9 cm³/mol. The van der Waals surface area contributed by atoms with E-state index in [0.29, 0.717) is 40.9 Å². The van der Waals surface area contributed by atoms with Crippen molar-refractivity contribution in [3.63, 3.8) is 0 Å². The molecule has 0 aliphatic carbocycles. The third kappa shape index (κ3) is 2.29. The van der Waals surface area contributed by atoms with Crippen LogP contribution in [0.25, 0.3) is 0 Å². The summed E-state index contributed by atoms with van der Waals surface area (Å²) in [5.74, 6) is 1.95. The molecule has 0 spiro atoms. The summed E-state index contributed by atoms with van der Waals surface area (Å²) in [6.45, 7) is 2.82. The van der Waals surface area contributed by atoms with Gasteiger partial charge in [0.2, 0.25) is 0 Å². The normalized spacial score (nSPS) is 15.3. The minimum absolute atomic E-state index is 0.440. The molecule has 1 unspecified atom stereocenters. The lowest BCUT2D eigenvalue weighted by Crippen LogP contribution is -2.16. The quantitative estimate of drug-likeness (QED) is 0.918. The van der Waals surface area contributed by atoms with Crippen LogP contribution in [0.5, 0.6) is 11.5 Å². The van der Waals surface area contributed by atoms with Crippen molar-refractivity contribution in [1.29, 1.82) is 0 Å². The molecule has 1 aliphatic rings. The van der Waals surface area contributed by atoms with Gasteiger partial charge < -0.3 is 19.0 Å². The Morgan fingerprint density at radius 2 is 1.84 bits per heavy atom. The lowest BCUT2D eigenvalue weighted by molar-refractivity contribution is 0.169. The molecule has 0 saturated heterocycles. The predicted octanol–water partition coefficient (Wildman–Crippen LogP) is 3.09. The Hall–Kier alpha value is -1.65. The molecule has 5 heteroatoms. The number of halogens is 1. The lowest BCUT2D eigenvalue weighted by Gasteiger charge is -2.21. The summed E-state index contributed by atoms with van der Waals surface area (Å²) < 4.78 is 16.1. The number of aliphatic hydroxyl groups excluding tert-OH is 1. The first-order valence-electron chi connectivity index (χ1n) is 5.97. The van der Waals surface area contributed by atoms with E-state index >= 15 is 0 Å². The molecular formula is C14H13ClO4. The van der Waals surface area contributed by atoms with Crippen molar-refractivity contribution in [3.05, 3.63) is 46.4 Å². The number of hydrogen-bond acceptors (Lipinski definition) is 4. The average Bonchev–Trinajstić information content (AvgIpc) is 2.84. The fraction of sp³-hybridized carbons (Fsp3) is 0.286. The third-order valence-electron chi connectivity index (χ3n) is 3.02. The first-order chi connectivity index (χ1) is 9.15. The van der Waals surface area contributed by atoms with Crippen LogP contribution in [-0.2, 0) is 0 Å². The lowest BCUT2D eigenvalue weighted by atomic mass is 10.0. The van der Waals surface area contributed by atoms with Crippen LogP contribution in [0, 0.1) is 6.92 Å². The Kier molecular flexibility index (Phi) is 3.12. The molecule has 1 aromatic carbocycles. The molecule has 0 fully saturated rings. The van der Waals surface area contributed by atoms with E-state index < -0.39 is 6.10 Å². The van der Waals surface area contributed by atoms with E-state index in [2.05, 4.69) is 0 Å². The molecule has 4 nitrogen and oxygen atoms in total. The van der Waals surface area contributed by atoms with E-state index in [-0.39, 0.29) is 0 Å². The number of aliphatic hydroxyl groups is 1. The topological polar surface area (TPSA) is 51.8 Å². The Labute approximate surface area is 115 Å². The fourth-order valence-electron chi connectivity index (χ4n) is 2.08. The maximum atomic E-state index is 10.3. The molecule has 0 radical (unpaired) electrons. The van der Waals surface area contributed by atoms with E-state index in [9.17, 15) is 5.11 Å². The van der Waals surface area contributed by atoms with Crippen LogP contribution in [-0.4, -0.2) is 18.3 Å². The summed E-state index contributed by atoms with van der Waals surface area (Å²) in [6, 6.07) is 5.16. The zero-order chi connectivity index (χ0) is 13.4. The molecule has 2 heterocycles. The molecule has 1 atom stereocenters. The number of furan rings is 1. The number of rotatable bonds is 2. The molecular weight excluding hydrogens is 268 g/mol. The fourth-order valence-corrected chi connectivity index (χ4v) is 2.33. The maximum absolute atomic E-state index is 10.3. The van der Waals surface area contributed by atoms with Gasteiger partial charge in [-0.15, -0.1) is 0 Å². The number of ether oxygens (including phenoxy) is 2. The Balaban J connectivity index is 2.00. The summed E-state index contributed by atoms with van der Waals surface area (Å²) in [7, 11) is 0. The van der Waals surface area contributed by atoms with Gasteiger partial charge >= 0.3 is 0 Å². The standard InChI is InChI=1S/C14H13ClO4/c1-8-4-9(7-19-8)14(16)10-5-12-13(6-11(10)15)18-3-2-17-12/h4-7,14,16H,2-3H2,1H3. The molecule has 0 amide bonds. The van der Waals surface area contributed by atoms with E-state index in [0.717, 1.165) is 5.76 Å². The van der Waals surface area contributed by atoms with Gasteiger partial charge in [-0.2, -0.15) is 0 Å². The van der Waals surface area contributed by atoms with Crippen molar-refractivity contribution in [2.45, 2.75) is 13.0 Å². The van der Waals surface area contributed by atoms with Crippen molar-refractivity contribution in [2.24, 2.45) is 0 Å².